The molecule has 0 saturated carbocycles. The molecule has 2 aliphatic rings. The Bertz CT molecular complexity index is 1380. The lowest BCUT2D eigenvalue weighted by molar-refractivity contribution is -0.140. The molecule has 2 fully saturated rings. The van der Waals surface area contributed by atoms with Gasteiger partial charge in [0.25, 0.3) is 11.7 Å². The lowest BCUT2D eigenvalue weighted by Crippen LogP contribution is -2.42. The van der Waals surface area contributed by atoms with Gasteiger partial charge >= 0.3 is 0 Å². The van der Waals surface area contributed by atoms with Gasteiger partial charge in [-0.15, -0.1) is 0 Å². The summed E-state index contributed by atoms with van der Waals surface area (Å²) in [4.78, 5) is 30.1. The molecule has 1 atom stereocenters. The molecule has 3 aromatic rings. The third-order valence-electron chi connectivity index (χ3n) is 7.10. The molecule has 2 saturated heterocycles. The molecule has 5 rings (SSSR count). The van der Waals surface area contributed by atoms with Gasteiger partial charge in [-0.3, -0.25) is 14.5 Å². The van der Waals surface area contributed by atoms with Gasteiger partial charge < -0.3 is 24.6 Å². The molecule has 39 heavy (non-hydrogen) atoms. The van der Waals surface area contributed by atoms with Gasteiger partial charge in [0.2, 0.25) is 0 Å². The summed E-state index contributed by atoms with van der Waals surface area (Å²) in [6, 6.07) is 20.5. The zero-order valence-corrected chi connectivity index (χ0v) is 21.9. The molecule has 0 spiro atoms. The van der Waals surface area contributed by atoms with Crippen LogP contribution in [0.25, 0.3) is 5.76 Å². The van der Waals surface area contributed by atoms with Crippen LogP contribution >= 0.6 is 0 Å². The van der Waals surface area contributed by atoms with Crippen molar-refractivity contribution < 1.29 is 29.3 Å². The van der Waals surface area contributed by atoms with Crippen molar-refractivity contribution in [2.24, 2.45) is 0 Å². The largest absolute Gasteiger partial charge is 0.508 e. The Kier molecular flexibility index (Phi) is 7.95. The molecule has 202 valence electrons. The molecule has 0 aliphatic carbocycles. The Morgan fingerprint density at radius 2 is 1.72 bits per heavy atom. The third-order valence-corrected chi connectivity index (χ3v) is 7.10. The number of phenolic OH excluding ortho intramolecular Hbond substituents is 1. The summed E-state index contributed by atoms with van der Waals surface area (Å²) in [7, 11) is 0. The van der Waals surface area contributed by atoms with E-state index in [9.17, 15) is 19.8 Å². The number of aliphatic hydroxyl groups is 1. The fourth-order valence-electron chi connectivity index (χ4n) is 5.06. The van der Waals surface area contributed by atoms with Gasteiger partial charge in [-0.1, -0.05) is 42.0 Å². The van der Waals surface area contributed by atoms with Crippen LogP contribution in [0, 0.1) is 6.92 Å². The molecule has 0 unspecified atom stereocenters. The lowest BCUT2D eigenvalue weighted by Gasteiger charge is -2.31. The second kappa shape index (κ2) is 11.7. The summed E-state index contributed by atoms with van der Waals surface area (Å²) in [6.45, 7) is 6.04. The van der Waals surface area contributed by atoms with Crippen LogP contribution in [0.15, 0.2) is 78.4 Å². The summed E-state index contributed by atoms with van der Waals surface area (Å²) in [5, 5.41) is 21.5. The van der Waals surface area contributed by atoms with Crippen molar-refractivity contribution in [3.63, 3.8) is 0 Å². The molecule has 0 aromatic heterocycles. The zero-order chi connectivity index (χ0) is 27.4. The fourth-order valence-corrected chi connectivity index (χ4v) is 5.06. The maximum Gasteiger partial charge on any atom is 0.295 e. The minimum absolute atomic E-state index is 0.000932. The molecule has 1 amide bonds. The van der Waals surface area contributed by atoms with E-state index in [4.69, 9.17) is 9.47 Å². The average molecular weight is 529 g/mol. The first-order chi connectivity index (χ1) is 18.9. The highest BCUT2D eigenvalue weighted by Crippen LogP contribution is 2.40. The van der Waals surface area contributed by atoms with Gasteiger partial charge in [-0.25, -0.2) is 0 Å². The van der Waals surface area contributed by atoms with Crippen molar-refractivity contribution in [1.82, 2.24) is 9.80 Å². The van der Waals surface area contributed by atoms with E-state index in [2.05, 4.69) is 11.0 Å². The van der Waals surface area contributed by atoms with Crippen molar-refractivity contribution in [1.29, 1.82) is 0 Å². The Morgan fingerprint density at radius 1 is 0.974 bits per heavy atom. The number of benzene rings is 3. The maximum absolute atomic E-state index is 13.3. The standard InChI is InChI=1S/C31H32N2O6/c1-21-4-2-5-22(18-21)20-39-26-10-8-23(9-11-26)29(35)27-28(24-6-3-7-25(34)19-24)33(31(37)30(27)36)13-12-32-14-16-38-17-15-32/h2-11,18-19,28,34-35H,12-17,20H2,1H3/b29-27+/t28-/m0/s1. The van der Waals surface area contributed by atoms with E-state index < -0.39 is 17.7 Å². The van der Waals surface area contributed by atoms with Crippen molar-refractivity contribution in [3.8, 4) is 11.5 Å². The fraction of sp³-hybridized carbons (Fsp3) is 0.290. The highest BCUT2D eigenvalue weighted by Gasteiger charge is 2.46. The third kappa shape index (κ3) is 5.97. The second-order valence-electron chi connectivity index (χ2n) is 9.84. The van der Waals surface area contributed by atoms with Crippen LogP contribution in [0.2, 0.25) is 0 Å². The Hall–Kier alpha value is -4.14. The van der Waals surface area contributed by atoms with Crippen LogP contribution in [-0.2, 0) is 20.9 Å². The highest BCUT2D eigenvalue weighted by molar-refractivity contribution is 6.46. The minimum Gasteiger partial charge on any atom is -0.508 e. The van der Waals surface area contributed by atoms with Gasteiger partial charge in [0.15, 0.2) is 0 Å². The number of carbonyl (C=O) groups is 2. The molecular weight excluding hydrogens is 496 g/mol. The normalized spacial score (nSPS) is 19.4. The SMILES string of the molecule is Cc1cccc(COc2ccc(/C(O)=C3\C(=O)C(=O)N(CCN4CCOCC4)[C@H]3c3cccc(O)c3)cc2)c1. The summed E-state index contributed by atoms with van der Waals surface area (Å²) in [6.07, 6.45) is 0. The van der Waals surface area contributed by atoms with E-state index >= 15 is 0 Å². The first kappa shape index (κ1) is 26.5. The second-order valence-corrected chi connectivity index (χ2v) is 9.84. The van der Waals surface area contributed by atoms with E-state index in [1.54, 1.807) is 36.4 Å². The van der Waals surface area contributed by atoms with Crippen molar-refractivity contribution >= 4 is 17.4 Å². The molecule has 8 heteroatoms. The van der Waals surface area contributed by atoms with Crippen LogP contribution in [0.5, 0.6) is 11.5 Å². The number of morpholine rings is 1. The molecule has 0 radical (unpaired) electrons. The number of likely N-dealkylation sites (tertiary alicyclic amines) is 1. The van der Waals surface area contributed by atoms with E-state index in [0.717, 1.165) is 24.2 Å². The number of aliphatic hydroxyl groups excluding tert-OH is 1. The molecular formula is C31H32N2O6. The number of rotatable bonds is 8. The topological polar surface area (TPSA) is 99.5 Å². The van der Waals surface area contributed by atoms with Gasteiger partial charge in [0.05, 0.1) is 24.8 Å². The average Bonchev–Trinajstić information content (AvgIpc) is 3.20. The number of hydrogen-bond acceptors (Lipinski definition) is 7. The van der Waals surface area contributed by atoms with Crippen LogP contribution in [0.3, 0.4) is 0 Å². The van der Waals surface area contributed by atoms with E-state index in [1.807, 2.05) is 25.1 Å². The lowest BCUT2D eigenvalue weighted by atomic mass is 9.95. The van der Waals surface area contributed by atoms with Crippen LogP contribution in [-0.4, -0.2) is 71.1 Å². The Labute approximate surface area is 227 Å². The smallest absolute Gasteiger partial charge is 0.295 e. The van der Waals surface area contributed by atoms with Crippen molar-refractivity contribution in [3.05, 3.63) is 101 Å². The number of Topliss-reactive ketones (excluding diaryl/α,β-unsaturated/α-hetero) is 1. The van der Waals surface area contributed by atoms with Crippen molar-refractivity contribution in [2.75, 3.05) is 39.4 Å². The molecule has 3 aromatic carbocycles. The molecule has 8 nitrogen and oxygen atoms in total. The monoisotopic (exact) mass is 528 g/mol. The number of phenols is 1. The summed E-state index contributed by atoms with van der Waals surface area (Å²) >= 11 is 0. The molecule has 2 N–H and O–H groups in total. The quantitative estimate of drug-likeness (QED) is 0.259. The van der Waals surface area contributed by atoms with Crippen molar-refractivity contribution in [2.45, 2.75) is 19.6 Å². The number of nitrogens with zero attached hydrogens (tertiary/aromatic N) is 2. The van der Waals surface area contributed by atoms with E-state index in [-0.39, 0.29) is 17.1 Å². The first-order valence-corrected chi connectivity index (χ1v) is 13.1. The zero-order valence-electron chi connectivity index (χ0n) is 21.9. The summed E-state index contributed by atoms with van der Waals surface area (Å²) in [5.74, 6) is -1.05. The number of carbonyl (C=O) groups excluding carboxylic acids is 2. The van der Waals surface area contributed by atoms with Gasteiger partial charge in [-0.05, 0) is 54.4 Å². The Morgan fingerprint density at radius 3 is 2.44 bits per heavy atom. The van der Waals surface area contributed by atoms with Gasteiger partial charge in [-0.2, -0.15) is 0 Å². The van der Waals surface area contributed by atoms with Gasteiger partial charge in [0.1, 0.15) is 23.9 Å². The number of amides is 1. The van der Waals surface area contributed by atoms with Gasteiger partial charge in [0, 0.05) is 31.7 Å². The number of ketones is 1. The van der Waals surface area contributed by atoms with E-state index in [0.29, 0.717) is 49.8 Å². The number of aryl methyl sites for hydroxylation is 1. The molecule has 2 heterocycles. The number of ether oxygens (including phenoxy) is 2. The number of aromatic hydroxyl groups is 1. The predicted octanol–water partition coefficient (Wildman–Crippen LogP) is 4.03. The van der Waals surface area contributed by atoms with Crippen LogP contribution in [0.1, 0.15) is 28.3 Å². The van der Waals surface area contributed by atoms with Crippen LogP contribution < -0.4 is 4.74 Å². The Balaban J connectivity index is 1.41. The molecule has 0 bridgehead atoms. The van der Waals surface area contributed by atoms with E-state index in [1.165, 1.54) is 17.0 Å². The summed E-state index contributed by atoms with van der Waals surface area (Å²) < 4.78 is 11.3. The highest BCUT2D eigenvalue weighted by atomic mass is 16.5. The molecule has 2 aliphatic heterocycles. The first-order valence-electron chi connectivity index (χ1n) is 13.1. The van der Waals surface area contributed by atoms with Crippen LogP contribution in [0.4, 0.5) is 0 Å². The predicted molar refractivity (Wildman–Crippen MR) is 146 cm³/mol. The number of hydrogen-bond donors (Lipinski definition) is 2. The minimum atomic E-state index is -0.824. The summed E-state index contributed by atoms with van der Waals surface area (Å²) in [5.41, 5.74) is 3.15. The maximum atomic E-state index is 13.3.